The van der Waals surface area contributed by atoms with E-state index in [-0.39, 0.29) is 12.4 Å². The van der Waals surface area contributed by atoms with Gasteiger partial charge in [-0.15, -0.1) is 10.2 Å². The minimum absolute atomic E-state index is 0.272. The van der Waals surface area contributed by atoms with Crippen LogP contribution >= 0.6 is 0 Å². The Bertz CT molecular complexity index is 615. The highest BCUT2D eigenvalue weighted by Crippen LogP contribution is 2.14. The fourth-order valence-corrected chi connectivity index (χ4v) is 1.77. The molecule has 1 heterocycles. The number of benzene rings is 1. The van der Waals surface area contributed by atoms with Gasteiger partial charge in [-0.1, -0.05) is 26.0 Å². The number of aromatic nitrogens is 2. The summed E-state index contributed by atoms with van der Waals surface area (Å²) in [6, 6.07) is 11.1. The third kappa shape index (κ3) is 7.52. The zero-order valence-corrected chi connectivity index (χ0v) is 15.1. The van der Waals surface area contributed by atoms with Crippen LogP contribution in [0.3, 0.4) is 0 Å². The van der Waals surface area contributed by atoms with E-state index in [9.17, 15) is 4.79 Å². The lowest BCUT2D eigenvalue weighted by atomic mass is 10.2. The Morgan fingerprint density at radius 3 is 2.32 bits per heavy atom. The molecule has 0 spiro atoms. The first-order valence-corrected chi connectivity index (χ1v) is 8.11. The number of hydrogen-bond acceptors (Lipinski definition) is 7. The van der Waals surface area contributed by atoms with E-state index in [1.54, 1.807) is 19.2 Å². The van der Waals surface area contributed by atoms with Gasteiger partial charge in [-0.05, 0) is 23.8 Å². The standard InChI is InChI=1S/C16H19N3O4.C2H6/c1-21-13-5-3-12(4-6-13)11-23-15-8-7-14(18-19-15)17-10-9-16(20)22-2;1-2/h3-8H,9-11H2,1-2H3,(H,17,18);1-2H3. The minimum Gasteiger partial charge on any atom is -0.497 e. The van der Waals surface area contributed by atoms with Gasteiger partial charge in [0.15, 0.2) is 0 Å². The van der Waals surface area contributed by atoms with Gasteiger partial charge in [-0.3, -0.25) is 4.79 Å². The van der Waals surface area contributed by atoms with Gasteiger partial charge in [0.2, 0.25) is 5.88 Å². The molecule has 0 aliphatic carbocycles. The van der Waals surface area contributed by atoms with Crippen molar-refractivity contribution in [2.75, 3.05) is 26.1 Å². The topological polar surface area (TPSA) is 82.6 Å². The molecule has 2 aromatic rings. The predicted octanol–water partition coefficient (Wildman–Crippen LogP) is 3.07. The zero-order chi connectivity index (χ0) is 18.5. The summed E-state index contributed by atoms with van der Waals surface area (Å²) in [6.07, 6.45) is 0.272. The molecule has 0 atom stereocenters. The van der Waals surface area contributed by atoms with Crippen LogP contribution < -0.4 is 14.8 Å². The van der Waals surface area contributed by atoms with Crippen molar-refractivity contribution >= 4 is 11.8 Å². The summed E-state index contributed by atoms with van der Waals surface area (Å²) in [4.78, 5) is 11.0. The lowest BCUT2D eigenvalue weighted by Gasteiger charge is -2.07. The average molecular weight is 347 g/mol. The van der Waals surface area contributed by atoms with Crippen LogP contribution in [0.2, 0.25) is 0 Å². The van der Waals surface area contributed by atoms with E-state index in [1.165, 1.54) is 7.11 Å². The third-order valence-electron chi connectivity index (χ3n) is 3.05. The van der Waals surface area contributed by atoms with Crippen molar-refractivity contribution in [2.45, 2.75) is 26.9 Å². The first-order valence-electron chi connectivity index (χ1n) is 8.11. The number of ether oxygens (including phenoxy) is 3. The molecule has 1 N–H and O–H groups in total. The van der Waals surface area contributed by atoms with E-state index in [0.29, 0.717) is 24.8 Å². The van der Waals surface area contributed by atoms with Crippen LogP contribution in [0, 0.1) is 0 Å². The maximum atomic E-state index is 11.0. The summed E-state index contributed by atoms with van der Waals surface area (Å²) in [7, 11) is 2.99. The summed E-state index contributed by atoms with van der Waals surface area (Å²) < 4.78 is 15.2. The van der Waals surface area contributed by atoms with Crippen molar-refractivity contribution in [1.29, 1.82) is 0 Å². The Kier molecular flexibility index (Phi) is 9.43. The largest absolute Gasteiger partial charge is 0.497 e. The number of carbonyl (C=O) groups excluding carboxylic acids is 1. The van der Waals surface area contributed by atoms with Crippen LogP contribution in [0.4, 0.5) is 5.82 Å². The van der Waals surface area contributed by atoms with Gasteiger partial charge >= 0.3 is 5.97 Å². The summed E-state index contributed by atoms with van der Waals surface area (Å²) in [6.45, 7) is 4.83. The summed E-state index contributed by atoms with van der Waals surface area (Å²) >= 11 is 0. The molecule has 7 nitrogen and oxygen atoms in total. The number of rotatable bonds is 8. The van der Waals surface area contributed by atoms with Crippen LogP contribution in [0.15, 0.2) is 36.4 Å². The average Bonchev–Trinajstić information content (AvgIpc) is 2.69. The second kappa shape index (κ2) is 11.7. The quantitative estimate of drug-likeness (QED) is 0.735. The number of nitrogens with one attached hydrogen (secondary N) is 1. The number of methoxy groups -OCH3 is 2. The molecule has 1 aromatic heterocycles. The molecule has 7 heteroatoms. The van der Waals surface area contributed by atoms with Crippen LogP contribution in [-0.4, -0.2) is 36.9 Å². The van der Waals surface area contributed by atoms with Gasteiger partial charge in [-0.25, -0.2) is 0 Å². The molecule has 0 saturated carbocycles. The highest BCUT2D eigenvalue weighted by Gasteiger charge is 2.02. The zero-order valence-electron chi connectivity index (χ0n) is 15.1. The number of carbonyl (C=O) groups is 1. The Balaban J connectivity index is 0.00000151. The number of nitrogens with zero attached hydrogens (tertiary/aromatic N) is 2. The van der Waals surface area contributed by atoms with Crippen molar-refractivity contribution in [3.8, 4) is 11.6 Å². The summed E-state index contributed by atoms with van der Waals surface area (Å²) in [5, 5.41) is 10.9. The summed E-state index contributed by atoms with van der Waals surface area (Å²) in [5.41, 5.74) is 1.01. The van der Waals surface area contributed by atoms with E-state index in [4.69, 9.17) is 9.47 Å². The van der Waals surface area contributed by atoms with Crippen molar-refractivity contribution in [3.63, 3.8) is 0 Å². The highest BCUT2D eigenvalue weighted by atomic mass is 16.5. The van der Waals surface area contributed by atoms with Crippen molar-refractivity contribution in [1.82, 2.24) is 10.2 Å². The van der Waals surface area contributed by atoms with Crippen molar-refractivity contribution in [2.24, 2.45) is 0 Å². The summed E-state index contributed by atoms with van der Waals surface area (Å²) in [5.74, 6) is 1.53. The Morgan fingerprint density at radius 2 is 1.76 bits per heavy atom. The van der Waals surface area contributed by atoms with Gasteiger partial charge in [0, 0.05) is 12.6 Å². The predicted molar refractivity (Wildman–Crippen MR) is 95.8 cm³/mol. The molecule has 1 aromatic carbocycles. The van der Waals surface area contributed by atoms with Gasteiger partial charge in [-0.2, -0.15) is 0 Å². The second-order valence-corrected chi connectivity index (χ2v) is 4.65. The molecule has 0 amide bonds. The maximum absolute atomic E-state index is 11.0. The lowest BCUT2D eigenvalue weighted by molar-refractivity contribution is -0.140. The van der Waals surface area contributed by atoms with Crippen LogP contribution in [0.5, 0.6) is 11.6 Å². The Hall–Kier alpha value is -2.83. The molecule has 2 rings (SSSR count). The Labute approximate surface area is 148 Å². The fraction of sp³-hybridized carbons (Fsp3) is 0.389. The lowest BCUT2D eigenvalue weighted by Crippen LogP contribution is -2.10. The molecule has 0 bridgehead atoms. The van der Waals surface area contributed by atoms with Gasteiger partial charge in [0.1, 0.15) is 18.2 Å². The molecule has 136 valence electrons. The van der Waals surface area contributed by atoms with Crippen molar-refractivity contribution in [3.05, 3.63) is 42.0 Å². The molecule has 25 heavy (non-hydrogen) atoms. The fourth-order valence-electron chi connectivity index (χ4n) is 1.77. The van der Waals surface area contributed by atoms with E-state index in [1.807, 2.05) is 38.1 Å². The first kappa shape index (κ1) is 20.2. The molecule has 0 aliphatic rings. The van der Waals surface area contributed by atoms with Crippen LogP contribution in [-0.2, 0) is 16.1 Å². The van der Waals surface area contributed by atoms with Crippen LogP contribution in [0.1, 0.15) is 25.8 Å². The molecular weight excluding hydrogens is 322 g/mol. The molecular formula is C18H25N3O4. The smallest absolute Gasteiger partial charge is 0.307 e. The highest BCUT2D eigenvalue weighted by molar-refractivity contribution is 5.69. The number of esters is 1. The maximum Gasteiger partial charge on any atom is 0.307 e. The second-order valence-electron chi connectivity index (χ2n) is 4.65. The van der Waals surface area contributed by atoms with Crippen molar-refractivity contribution < 1.29 is 19.0 Å². The Morgan fingerprint density at radius 1 is 1.04 bits per heavy atom. The normalized spacial score (nSPS) is 9.44. The monoisotopic (exact) mass is 347 g/mol. The molecule has 0 radical (unpaired) electrons. The van der Waals surface area contributed by atoms with E-state index in [0.717, 1.165) is 11.3 Å². The van der Waals surface area contributed by atoms with Gasteiger partial charge in [0.25, 0.3) is 0 Å². The van der Waals surface area contributed by atoms with Gasteiger partial charge in [0.05, 0.1) is 20.6 Å². The molecule has 0 fully saturated rings. The number of hydrogen-bond donors (Lipinski definition) is 1. The van der Waals surface area contributed by atoms with E-state index < -0.39 is 0 Å². The number of anilines is 1. The molecule has 0 saturated heterocycles. The van der Waals surface area contributed by atoms with E-state index in [2.05, 4.69) is 20.3 Å². The minimum atomic E-state index is -0.273. The van der Waals surface area contributed by atoms with Crippen LogP contribution in [0.25, 0.3) is 0 Å². The SMILES string of the molecule is CC.COC(=O)CCNc1ccc(OCc2ccc(OC)cc2)nn1. The van der Waals surface area contributed by atoms with Gasteiger partial charge < -0.3 is 19.5 Å². The molecule has 0 aliphatic heterocycles. The van der Waals surface area contributed by atoms with E-state index >= 15 is 0 Å². The first-order chi connectivity index (χ1) is 12.2. The third-order valence-corrected chi connectivity index (χ3v) is 3.05. The molecule has 0 unspecified atom stereocenters.